The SMILES string of the molecule is Cc1cnc2c(cnn2CC(=O)N[C@H](C)c2ccc3c(c2)CCO3)c1. The largest absolute Gasteiger partial charge is 0.493 e. The lowest BCUT2D eigenvalue weighted by Gasteiger charge is -2.15. The molecule has 128 valence electrons. The molecule has 1 N–H and O–H groups in total. The van der Waals surface area contributed by atoms with E-state index in [1.807, 2.05) is 32.0 Å². The van der Waals surface area contributed by atoms with E-state index in [4.69, 9.17) is 4.74 Å². The van der Waals surface area contributed by atoms with Gasteiger partial charge in [-0.25, -0.2) is 9.67 Å². The second-order valence-electron chi connectivity index (χ2n) is 6.48. The van der Waals surface area contributed by atoms with Gasteiger partial charge < -0.3 is 10.1 Å². The molecular formula is C19H20N4O2. The normalized spacial score (nSPS) is 14.2. The number of ether oxygens (including phenoxy) is 1. The van der Waals surface area contributed by atoms with Crippen LogP contribution >= 0.6 is 0 Å². The predicted octanol–water partition coefficient (Wildman–Crippen LogP) is 2.55. The number of nitrogens with one attached hydrogen (secondary N) is 1. The first-order valence-corrected chi connectivity index (χ1v) is 8.43. The van der Waals surface area contributed by atoms with Crippen molar-refractivity contribution >= 4 is 16.9 Å². The van der Waals surface area contributed by atoms with Gasteiger partial charge in [-0.05, 0) is 48.7 Å². The van der Waals surface area contributed by atoms with Gasteiger partial charge in [0.2, 0.25) is 5.91 Å². The van der Waals surface area contributed by atoms with Gasteiger partial charge in [-0.15, -0.1) is 0 Å². The van der Waals surface area contributed by atoms with Crippen molar-refractivity contribution in [2.75, 3.05) is 6.61 Å². The average Bonchev–Trinajstić information content (AvgIpc) is 3.20. The van der Waals surface area contributed by atoms with Crippen LogP contribution in [0.25, 0.3) is 11.0 Å². The third-order valence-corrected chi connectivity index (χ3v) is 4.50. The number of carbonyl (C=O) groups excluding carboxylic acids is 1. The zero-order valence-corrected chi connectivity index (χ0v) is 14.3. The first-order chi connectivity index (χ1) is 12.1. The molecule has 3 aromatic rings. The van der Waals surface area contributed by atoms with Gasteiger partial charge in [0.1, 0.15) is 12.3 Å². The summed E-state index contributed by atoms with van der Waals surface area (Å²) < 4.78 is 7.16. The Labute approximate surface area is 145 Å². The molecule has 2 aromatic heterocycles. The van der Waals surface area contributed by atoms with E-state index in [-0.39, 0.29) is 18.5 Å². The second kappa shape index (κ2) is 6.20. The van der Waals surface area contributed by atoms with Crippen LogP contribution in [0.15, 0.2) is 36.7 Å². The minimum atomic E-state index is -0.0865. The van der Waals surface area contributed by atoms with Crippen molar-refractivity contribution in [2.24, 2.45) is 0 Å². The molecule has 0 aliphatic carbocycles. The van der Waals surface area contributed by atoms with Crippen LogP contribution in [0.5, 0.6) is 5.75 Å². The summed E-state index contributed by atoms with van der Waals surface area (Å²) in [5.74, 6) is 0.864. The Morgan fingerprint density at radius 3 is 3.12 bits per heavy atom. The fourth-order valence-electron chi connectivity index (χ4n) is 3.18. The third-order valence-electron chi connectivity index (χ3n) is 4.50. The number of hydrogen-bond acceptors (Lipinski definition) is 4. The van der Waals surface area contributed by atoms with E-state index in [1.54, 1.807) is 17.1 Å². The van der Waals surface area contributed by atoms with Crippen molar-refractivity contribution in [3.05, 3.63) is 53.3 Å². The molecule has 0 spiro atoms. The Kier molecular flexibility index (Phi) is 3.87. The molecule has 1 aromatic carbocycles. The third kappa shape index (κ3) is 3.07. The second-order valence-corrected chi connectivity index (χ2v) is 6.48. The molecule has 1 atom stereocenters. The summed E-state index contributed by atoms with van der Waals surface area (Å²) in [5, 5.41) is 8.26. The molecule has 6 heteroatoms. The molecule has 4 rings (SSSR count). The van der Waals surface area contributed by atoms with Crippen LogP contribution in [0.2, 0.25) is 0 Å². The minimum Gasteiger partial charge on any atom is -0.493 e. The van der Waals surface area contributed by atoms with Gasteiger partial charge in [0.05, 0.1) is 18.8 Å². The summed E-state index contributed by atoms with van der Waals surface area (Å²) in [6.45, 7) is 4.86. The first kappa shape index (κ1) is 15.6. The number of pyridine rings is 1. The number of nitrogens with zero attached hydrogens (tertiary/aromatic N) is 3. The maximum Gasteiger partial charge on any atom is 0.242 e. The zero-order valence-electron chi connectivity index (χ0n) is 14.3. The van der Waals surface area contributed by atoms with Crippen molar-refractivity contribution in [3.63, 3.8) is 0 Å². The van der Waals surface area contributed by atoms with Crippen LogP contribution < -0.4 is 10.1 Å². The summed E-state index contributed by atoms with van der Waals surface area (Å²) >= 11 is 0. The monoisotopic (exact) mass is 336 g/mol. The highest BCUT2D eigenvalue weighted by molar-refractivity contribution is 5.80. The van der Waals surface area contributed by atoms with Crippen LogP contribution in [-0.2, 0) is 17.8 Å². The number of amides is 1. The fraction of sp³-hybridized carbons (Fsp3) is 0.316. The highest BCUT2D eigenvalue weighted by atomic mass is 16.5. The van der Waals surface area contributed by atoms with Crippen LogP contribution in [-0.4, -0.2) is 27.3 Å². The quantitative estimate of drug-likeness (QED) is 0.795. The summed E-state index contributed by atoms with van der Waals surface area (Å²) in [6.07, 6.45) is 4.45. The standard InChI is InChI=1S/C19H20N4O2/c1-12-7-16-10-21-23(19(16)20-9-12)11-18(24)22-13(2)14-3-4-17-15(8-14)5-6-25-17/h3-4,7-10,13H,5-6,11H2,1-2H3,(H,22,24)/t13-/m1/s1. The molecule has 0 fully saturated rings. The fourth-order valence-corrected chi connectivity index (χ4v) is 3.18. The molecule has 1 aliphatic rings. The Morgan fingerprint density at radius 1 is 1.36 bits per heavy atom. The number of fused-ring (bicyclic) bond motifs is 2. The van der Waals surface area contributed by atoms with Gasteiger partial charge in [-0.3, -0.25) is 4.79 Å². The van der Waals surface area contributed by atoms with Crippen molar-refractivity contribution < 1.29 is 9.53 Å². The summed E-state index contributed by atoms with van der Waals surface area (Å²) in [4.78, 5) is 16.8. The van der Waals surface area contributed by atoms with Gasteiger partial charge in [0.15, 0.2) is 5.65 Å². The Hall–Kier alpha value is -2.89. The maximum atomic E-state index is 12.4. The van der Waals surface area contributed by atoms with Crippen LogP contribution in [0.4, 0.5) is 0 Å². The topological polar surface area (TPSA) is 69.0 Å². The minimum absolute atomic E-state index is 0.0737. The van der Waals surface area contributed by atoms with Crippen LogP contribution in [0.1, 0.15) is 29.7 Å². The summed E-state index contributed by atoms with van der Waals surface area (Å²) in [7, 11) is 0. The van der Waals surface area contributed by atoms with E-state index >= 15 is 0 Å². The molecule has 0 radical (unpaired) electrons. The molecule has 1 amide bonds. The highest BCUT2D eigenvalue weighted by Crippen LogP contribution is 2.28. The van der Waals surface area contributed by atoms with Crippen molar-refractivity contribution in [2.45, 2.75) is 32.9 Å². The Morgan fingerprint density at radius 2 is 2.24 bits per heavy atom. The summed E-state index contributed by atoms with van der Waals surface area (Å²) in [5.41, 5.74) is 4.08. The van der Waals surface area contributed by atoms with Gasteiger partial charge in [-0.2, -0.15) is 5.10 Å². The van der Waals surface area contributed by atoms with E-state index in [1.165, 1.54) is 5.56 Å². The smallest absolute Gasteiger partial charge is 0.242 e. The van der Waals surface area contributed by atoms with E-state index < -0.39 is 0 Å². The molecule has 0 bridgehead atoms. The molecule has 25 heavy (non-hydrogen) atoms. The molecule has 0 unspecified atom stereocenters. The lowest BCUT2D eigenvalue weighted by molar-refractivity contribution is -0.122. The number of hydrogen-bond donors (Lipinski definition) is 1. The lowest BCUT2D eigenvalue weighted by Crippen LogP contribution is -2.30. The number of carbonyl (C=O) groups is 1. The van der Waals surface area contributed by atoms with E-state index in [2.05, 4.69) is 21.5 Å². The van der Waals surface area contributed by atoms with Crippen LogP contribution in [0, 0.1) is 6.92 Å². The van der Waals surface area contributed by atoms with E-state index in [9.17, 15) is 4.79 Å². The van der Waals surface area contributed by atoms with Crippen molar-refractivity contribution in [1.82, 2.24) is 20.1 Å². The van der Waals surface area contributed by atoms with Crippen molar-refractivity contribution in [1.29, 1.82) is 0 Å². The number of benzene rings is 1. The molecule has 0 saturated heterocycles. The van der Waals surface area contributed by atoms with Gasteiger partial charge in [0.25, 0.3) is 0 Å². The van der Waals surface area contributed by atoms with E-state index in [0.717, 1.165) is 40.9 Å². The summed E-state index contributed by atoms with van der Waals surface area (Å²) in [6, 6.07) is 8.03. The van der Waals surface area contributed by atoms with E-state index in [0.29, 0.717) is 0 Å². The Bertz CT molecular complexity index is 948. The average molecular weight is 336 g/mol. The molecular weight excluding hydrogens is 316 g/mol. The van der Waals surface area contributed by atoms with Crippen LogP contribution in [0.3, 0.4) is 0 Å². The number of aryl methyl sites for hydroxylation is 1. The number of rotatable bonds is 4. The zero-order chi connectivity index (χ0) is 17.4. The van der Waals surface area contributed by atoms with Gasteiger partial charge in [-0.1, -0.05) is 6.07 Å². The predicted molar refractivity (Wildman–Crippen MR) is 94.5 cm³/mol. The first-order valence-electron chi connectivity index (χ1n) is 8.43. The molecule has 3 heterocycles. The van der Waals surface area contributed by atoms with Crippen molar-refractivity contribution in [3.8, 4) is 5.75 Å². The molecule has 1 aliphatic heterocycles. The molecule has 0 saturated carbocycles. The molecule has 6 nitrogen and oxygen atoms in total. The Balaban J connectivity index is 1.46. The number of aromatic nitrogens is 3. The van der Waals surface area contributed by atoms with Gasteiger partial charge in [0, 0.05) is 18.0 Å². The lowest BCUT2D eigenvalue weighted by atomic mass is 10.0. The van der Waals surface area contributed by atoms with Gasteiger partial charge >= 0.3 is 0 Å². The highest BCUT2D eigenvalue weighted by Gasteiger charge is 2.16. The maximum absolute atomic E-state index is 12.4.